The van der Waals surface area contributed by atoms with Gasteiger partial charge in [0.2, 0.25) is 0 Å². The predicted octanol–water partition coefficient (Wildman–Crippen LogP) is 4.44. The first kappa shape index (κ1) is 20.1. The Labute approximate surface area is 178 Å². The number of benzene rings is 3. The Morgan fingerprint density at radius 2 is 1.57 bits per heavy atom. The van der Waals surface area contributed by atoms with Crippen LogP contribution in [0, 0.1) is 0 Å². The fourth-order valence-corrected chi connectivity index (χ4v) is 4.30. The first-order valence-corrected chi connectivity index (χ1v) is 10.1. The molecule has 30 heavy (non-hydrogen) atoms. The molecule has 0 fully saturated rings. The number of methoxy groups -OCH3 is 3. The van der Waals surface area contributed by atoms with Crippen LogP contribution in [-0.2, 0) is 13.1 Å². The third-order valence-corrected chi connectivity index (χ3v) is 5.83. The van der Waals surface area contributed by atoms with E-state index >= 15 is 0 Å². The van der Waals surface area contributed by atoms with Crippen molar-refractivity contribution in [3.05, 3.63) is 82.9 Å². The fraction of sp³-hybridized carbons (Fsp3) is 0.280. The summed E-state index contributed by atoms with van der Waals surface area (Å²) >= 11 is 0. The Hall–Kier alpha value is -3.18. The zero-order chi connectivity index (χ0) is 21.1. The lowest BCUT2D eigenvalue weighted by atomic mass is 9.83. The standard InChI is InChI=1S/C25H28N2O3/c1-28-22-11-9-18(13-24(22)30-3)20-15-27(14-17-7-5-4-6-8-17)16-21-19(20)10-12-23(29-2)25(21)26/h4-13,20H,14-16,26H2,1-3H3. The van der Waals surface area contributed by atoms with E-state index in [0.29, 0.717) is 0 Å². The summed E-state index contributed by atoms with van der Waals surface area (Å²) in [6, 6.07) is 20.8. The second-order valence-corrected chi connectivity index (χ2v) is 7.57. The lowest BCUT2D eigenvalue weighted by molar-refractivity contribution is 0.232. The van der Waals surface area contributed by atoms with Crippen molar-refractivity contribution in [2.24, 2.45) is 0 Å². The van der Waals surface area contributed by atoms with Crippen molar-refractivity contribution in [3.63, 3.8) is 0 Å². The maximum atomic E-state index is 6.52. The second-order valence-electron chi connectivity index (χ2n) is 7.57. The van der Waals surface area contributed by atoms with E-state index in [1.165, 1.54) is 16.7 Å². The lowest BCUT2D eigenvalue weighted by Gasteiger charge is -2.36. The molecule has 1 aliphatic heterocycles. The van der Waals surface area contributed by atoms with Crippen LogP contribution in [0.1, 0.15) is 28.2 Å². The van der Waals surface area contributed by atoms with E-state index in [2.05, 4.69) is 47.4 Å². The average Bonchev–Trinajstić information content (AvgIpc) is 2.79. The second kappa shape index (κ2) is 8.67. The van der Waals surface area contributed by atoms with Crippen LogP contribution in [0.2, 0.25) is 0 Å². The molecule has 1 aliphatic rings. The molecule has 0 spiro atoms. The van der Waals surface area contributed by atoms with Gasteiger partial charge < -0.3 is 19.9 Å². The molecule has 156 valence electrons. The van der Waals surface area contributed by atoms with Gasteiger partial charge in [-0.05, 0) is 40.5 Å². The Bertz CT molecular complexity index is 1020. The molecule has 5 heteroatoms. The number of fused-ring (bicyclic) bond motifs is 1. The minimum absolute atomic E-state index is 0.172. The van der Waals surface area contributed by atoms with Gasteiger partial charge in [0.1, 0.15) is 5.75 Å². The quantitative estimate of drug-likeness (QED) is 0.616. The molecule has 1 heterocycles. The van der Waals surface area contributed by atoms with Crippen LogP contribution in [0.3, 0.4) is 0 Å². The zero-order valence-corrected chi connectivity index (χ0v) is 17.7. The molecule has 0 aliphatic carbocycles. The van der Waals surface area contributed by atoms with Gasteiger partial charge in [-0.25, -0.2) is 0 Å². The minimum atomic E-state index is 0.172. The Morgan fingerprint density at radius 1 is 0.867 bits per heavy atom. The monoisotopic (exact) mass is 404 g/mol. The average molecular weight is 405 g/mol. The summed E-state index contributed by atoms with van der Waals surface area (Å²) < 4.78 is 16.5. The highest BCUT2D eigenvalue weighted by Gasteiger charge is 2.29. The topological polar surface area (TPSA) is 57.0 Å². The molecule has 0 saturated heterocycles. The molecule has 1 atom stereocenters. The maximum Gasteiger partial charge on any atom is 0.161 e. The highest BCUT2D eigenvalue weighted by Crippen LogP contribution is 2.42. The largest absolute Gasteiger partial charge is 0.495 e. The number of nitrogens with two attached hydrogens (primary N) is 1. The van der Waals surface area contributed by atoms with Crippen LogP contribution >= 0.6 is 0 Å². The van der Waals surface area contributed by atoms with Crippen molar-refractivity contribution < 1.29 is 14.2 Å². The summed E-state index contributed by atoms with van der Waals surface area (Å²) in [5.74, 6) is 2.36. The van der Waals surface area contributed by atoms with Crippen LogP contribution < -0.4 is 19.9 Å². The number of hydrogen-bond donors (Lipinski definition) is 1. The molecular weight excluding hydrogens is 376 g/mol. The molecule has 3 aromatic rings. The van der Waals surface area contributed by atoms with Gasteiger partial charge in [-0.3, -0.25) is 4.90 Å². The molecule has 0 amide bonds. The molecule has 0 radical (unpaired) electrons. The van der Waals surface area contributed by atoms with Gasteiger partial charge >= 0.3 is 0 Å². The van der Waals surface area contributed by atoms with E-state index < -0.39 is 0 Å². The van der Waals surface area contributed by atoms with Gasteiger partial charge in [0.25, 0.3) is 0 Å². The smallest absolute Gasteiger partial charge is 0.161 e. The van der Waals surface area contributed by atoms with Gasteiger partial charge in [-0.2, -0.15) is 0 Å². The zero-order valence-electron chi connectivity index (χ0n) is 17.7. The van der Waals surface area contributed by atoms with E-state index in [-0.39, 0.29) is 5.92 Å². The molecule has 0 bridgehead atoms. The predicted molar refractivity (Wildman–Crippen MR) is 119 cm³/mol. The van der Waals surface area contributed by atoms with E-state index in [9.17, 15) is 0 Å². The maximum absolute atomic E-state index is 6.52. The normalized spacial score (nSPS) is 16.0. The van der Waals surface area contributed by atoms with Gasteiger partial charge in [0, 0.05) is 25.6 Å². The molecule has 0 aromatic heterocycles. The SMILES string of the molecule is COc1ccc(C2CN(Cc3ccccc3)Cc3c2ccc(OC)c3N)cc1OC. The van der Waals surface area contributed by atoms with Crippen LogP contribution in [-0.4, -0.2) is 32.8 Å². The van der Waals surface area contributed by atoms with Crippen molar-refractivity contribution in [2.75, 3.05) is 33.6 Å². The lowest BCUT2D eigenvalue weighted by Crippen LogP contribution is -2.34. The van der Waals surface area contributed by atoms with Gasteiger partial charge in [-0.1, -0.05) is 42.5 Å². The Morgan fingerprint density at radius 3 is 2.27 bits per heavy atom. The van der Waals surface area contributed by atoms with Crippen molar-refractivity contribution in [1.82, 2.24) is 4.90 Å². The molecule has 2 N–H and O–H groups in total. The Balaban J connectivity index is 1.76. The number of nitrogens with zero attached hydrogens (tertiary/aromatic N) is 1. The van der Waals surface area contributed by atoms with Crippen LogP contribution in [0.15, 0.2) is 60.7 Å². The number of nitrogen functional groups attached to an aromatic ring is 1. The third-order valence-electron chi connectivity index (χ3n) is 5.83. The number of ether oxygens (including phenoxy) is 3. The van der Waals surface area contributed by atoms with E-state index in [0.717, 1.165) is 48.1 Å². The molecular formula is C25H28N2O3. The number of anilines is 1. The van der Waals surface area contributed by atoms with Crippen molar-refractivity contribution in [2.45, 2.75) is 19.0 Å². The fourth-order valence-electron chi connectivity index (χ4n) is 4.30. The molecule has 0 saturated carbocycles. The van der Waals surface area contributed by atoms with Crippen molar-refractivity contribution in [3.8, 4) is 17.2 Å². The summed E-state index contributed by atoms with van der Waals surface area (Å²) in [6.07, 6.45) is 0. The highest BCUT2D eigenvalue weighted by molar-refractivity contribution is 5.64. The highest BCUT2D eigenvalue weighted by atomic mass is 16.5. The first-order valence-electron chi connectivity index (χ1n) is 10.1. The van der Waals surface area contributed by atoms with E-state index in [1.54, 1.807) is 21.3 Å². The summed E-state index contributed by atoms with van der Waals surface area (Å²) in [4.78, 5) is 2.44. The molecule has 3 aromatic carbocycles. The van der Waals surface area contributed by atoms with Gasteiger partial charge in [-0.15, -0.1) is 0 Å². The van der Waals surface area contributed by atoms with Crippen molar-refractivity contribution in [1.29, 1.82) is 0 Å². The third kappa shape index (κ3) is 3.81. The van der Waals surface area contributed by atoms with Gasteiger partial charge in [0.05, 0.1) is 27.0 Å². The van der Waals surface area contributed by atoms with Crippen LogP contribution in [0.5, 0.6) is 17.2 Å². The van der Waals surface area contributed by atoms with Crippen molar-refractivity contribution >= 4 is 5.69 Å². The summed E-state index contributed by atoms with van der Waals surface area (Å²) in [7, 11) is 4.98. The summed E-state index contributed by atoms with van der Waals surface area (Å²) in [5.41, 5.74) is 12.1. The summed E-state index contributed by atoms with van der Waals surface area (Å²) in [6.45, 7) is 2.54. The Kier molecular flexibility index (Phi) is 5.81. The van der Waals surface area contributed by atoms with Crippen LogP contribution in [0.25, 0.3) is 0 Å². The molecule has 4 rings (SSSR count). The summed E-state index contributed by atoms with van der Waals surface area (Å²) in [5, 5.41) is 0. The van der Waals surface area contributed by atoms with Crippen LogP contribution in [0.4, 0.5) is 5.69 Å². The van der Waals surface area contributed by atoms with E-state index in [1.807, 2.05) is 18.2 Å². The van der Waals surface area contributed by atoms with E-state index in [4.69, 9.17) is 19.9 Å². The number of rotatable bonds is 6. The molecule has 1 unspecified atom stereocenters. The first-order chi connectivity index (χ1) is 14.6. The minimum Gasteiger partial charge on any atom is -0.495 e. The number of hydrogen-bond acceptors (Lipinski definition) is 5. The molecule has 5 nitrogen and oxygen atoms in total. The van der Waals surface area contributed by atoms with Gasteiger partial charge in [0.15, 0.2) is 11.5 Å².